The minimum atomic E-state index is -1.56. The lowest BCUT2D eigenvalue weighted by Gasteiger charge is -2.60. The van der Waals surface area contributed by atoms with Gasteiger partial charge in [0.25, 0.3) is 0 Å². The number of hydrogen-bond donors (Lipinski definition) is 3. The molecule has 15 atom stereocenters. The lowest BCUT2D eigenvalue weighted by Crippen LogP contribution is -2.71. The van der Waals surface area contributed by atoms with Crippen LogP contribution in [0.4, 0.5) is 0 Å². The third kappa shape index (κ3) is 2.29. The fourth-order valence-corrected chi connectivity index (χ4v) is 10.5. The Hall–Kier alpha value is -1.32. The van der Waals surface area contributed by atoms with Gasteiger partial charge in [0.2, 0.25) is 5.79 Å². The Bertz CT molecular complexity index is 1090. The third-order valence-corrected chi connectivity index (χ3v) is 12.5. The smallest absolute Gasteiger partial charge is 0.311 e. The second kappa shape index (κ2) is 6.63. The van der Waals surface area contributed by atoms with Crippen LogP contribution in [-0.4, -0.2) is 68.5 Å². The fraction of sp³-hybridized carbons (Fsp3) is 0.857. The van der Waals surface area contributed by atoms with E-state index < -0.39 is 52.4 Å². The van der Waals surface area contributed by atoms with Crippen molar-refractivity contribution in [2.45, 2.75) is 102 Å². The molecular weight excluding hydrogens is 464 g/mol. The van der Waals surface area contributed by atoms with Gasteiger partial charge in [-0.3, -0.25) is 9.59 Å². The topological polar surface area (TPSA) is 126 Å². The van der Waals surface area contributed by atoms with Crippen LogP contribution in [0.2, 0.25) is 0 Å². The number of epoxide rings is 1. The summed E-state index contributed by atoms with van der Waals surface area (Å²) in [6.07, 6.45) is 3.37. The first-order chi connectivity index (χ1) is 16.8. The molecule has 0 aromatic heterocycles. The van der Waals surface area contributed by atoms with Crippen molar-refractivity contribution in [1.82, 2.24) is 0 Å². The number of ether oxygens (including phenoxy) is 3. The first kappa shape index (κ1) is 23.8. The molecule has 3 aliphatic heterocycles. The van der Waals surface area contributed by atoms with E-state index in [0.29, 0.717) is 6.42 Å². The zero-order valence-electron chi connectivity index (χ0n) is 21.6. The minimum Gasteiger partial charge on any atom is -0.429 e. The number of ketones is 1. The van der Waals surface area contributed by atoms with Gasteiger partial charge in [-0.05, 0) is 74.9 Å². The number of hydrogen-bond acceptors (Lipinski definition) is 8. The van der Waals surface area contributed by atoms with Gasteiger partial charge in [-0.25, -0.2) is 0 Å². The van der Waals surface area contributed by atoms with E-state index in [4.69, 9.17) is 14.2 Å². The Morgan fingerprint density at radius 1 is 1.03 bits per heavy atom. The lowest BCUT2D eigenvalue weighted by atomic mass is 9.44. The standard InChI is InChI=1S/C28H38O8/c1-12-13(2)28(36-22(12)31)23(32)26(5,33)21-17(34-28)11-16-14-10-20-27(35-20)19(30)7-6-18(29)25(27,4)15(14)8-9-24(16,21)3/h6-7,12-17,19-21,23,30,32-33H,8-11H2,1-5H3/t12-,13-,14+,15-,16-,17+,19+,20-,21+,23+,24+,25+,26-,27-,28-/m1/s1. The van der Waals surface area contributed by atoms with Gasteiger partial charge in [-0.2, -0.15) is 0 Å². The van der Waals surface area contributed by atoms with Crippen LogP contribution in [0.25, 0.3) is 0 Å². The van der Waals surface area contributed by atoms with Crippen LogP contribution in [0, 0.1) is 46.3 Å². The Morgan fingerprint density at radius 2 is 1.75 bits per heavy atom. The summed E-state index contributed by atoms with van der Waals surface area (Å²) in [5, 5.41) is 34.4. The molecule has 198 valence electrons. The normalized spacial score (nSPS) is 64.8. The largest absolute Gasteiger partial charge is 0.429 e. The van der Waals surface area contributed by atoms with Crippen LogP contribution < -0.4 is 0 Å². The number of carbonyl (C=O) groups excluding carboxylic acids is 2. The average molecular weight is 503 g/mol. The summed E-state index contributed by atoms with van der Waals surface area (Å²) in [6.45, 7) is 9.47. The van der Waals surface area contributed by atoms with Crippen molar-refractivity contribution >= 4 is 11.8 Å². The second-order valence-corrected chi connectivity index (χ2v) is 13.6. The van der Waals surface area contributed by atoms with Crippen LogP contribution in [-0.2, 0) is 23.8 Å². The van der Waals surface area contributed by atoms with Crippen molar-refractivity contribution in [2.75, 3.05) is 0 Å². The molecule has 8 heteroatoms. The van der Waals surface area contributed by atoms with Gasteiger partial charge in [0.15, 0.2) is 5.78 Å². The van der Waals surface area contributed by atoms with Crippen molar-refractivity contribution in [1.29, 1.82) is 0 Å². The molecule has 0 radical (unpaired) electrons. The van der Waals surface area contributed by atoms with Crippen LogP contribution >= 0.6 is 0 Å². The van der Waals surface area contributed by atoms with Crippen LogP contribution in [0.3, 0.4) is 0 Å². The number of esters is 1. The molecule has 7 rings (SSSR count). The van der Waals surface area contributed by atoms with Crippen molar-refractivity contribution in [3.8, 4) is 0 Å². The molecule has 3 N–H and O–H groups in total. The maximum Gasteiger partial charge on any atom is 0.311 e. The highest BCUT2D eigenvalue weighted by Crippen LogP contribution is 2.74. The predicted octanol–water partition coefficient (Wildman–Crippen LogP) is 1.74. The molecule has 6 fully saturated rings. The highest BCUT2D eigenvalue weighted by Gasteiger charge is 2.82. The highest BCUT2D eigenvalue weighted by atomic mass is 16.7. The summed E-state index contributed by atoms with van der Waals surface area (Å²) in [6, 6.07) is 0. The molecule has 3 saturated carbocycles. The summed E-state index contributed by atoms with van der Waals surface area (Å²) < 4.78 is 18.5. The van der Waals surface area contributed by atoms with Crippen molar-refractivity contribution in [3.63, 3.8) is 0 Å². The molecule has 0 amide bonds. The Labute approximate surface area is 211 Å². The van der Waals surface area contributed by atoms with E-state index in [2.05, 4.69) is 6.92 Å². The Kier molecular flexibility index (Phi) is 4.38. The van der Waals surface area contributed by atoms with E-state index in [1.807, 2.05) is 13.8 Å². The van der Waals surface area contributed by atoms with Gasteiger partial charge < -0.3 is 29.5 Å². The first-order valence-corrected chi connectivity index (χ1v) is 13.7. The molecule has 0 aromatic rings. The summed E-state index contributed by atoms with van der Waals surface area (Å²) in [7, 11) is 0. The van der Waals surface area contributed by atoms with Gasteiger partial charge in [-0.1, -0.05) is 20.8 Å². The molecule has 4 aliphatic carbocycles. The summed E-state index contributed by atoms with van der Waals surface area (Å²) in [4.78, 5) is 25.9. The quantitative estimate of drug-likeness (QED) is 0.338. The van der Waals surface area contributed by atoms with Gasteiger partial charge in [0.05, 0.1) is 23.5 Å². The zero-order valence-corrected chi connectivity index (χ0v) is 21.6. The second-order valence-electron chi connectivity index (χ2n) is 13.6. The maximum atomic E-state index is 13.4. The fourth-order valence-electron chi connectivity index (χ4n) is 10.5. The maximum absolute atomic E-state index is 13.4. The van der Waals surface area contributed by atoms with Crippen LogP contribution in [0.15, 0.2) is 12.2 Å². The van der Waals surface area contributed by atoms with E-state index in [0.717, 1.165) is 19.3 Å². The molecular formula is C28H38O8. The molecule has 8 nitrogen and oxygen atoms in total. The van der Waals surface area contributed by atoms with E-state index in [1.165, 1.54) is 6.08 Å². The molecule has 0 bridgehead atoms. The zero-order chi connectivity index (χ0) is 25.8. The monoisotopic (exact) mass is 502 g/mol. The average Bonchev–Trinajstić information content (AvgIpc) is 3.42. The molecule has 3 heterocycles. The molecule has 0 unspecified atom stereocenters. The van der Waals surface area contributed by atoms with E-state index in [-0.39, 0.29) is 47.1 Å². The summed E-state index contributed by atoms with van der Waals surface area (Å²) >= 11 is 0. The number of carbonyl (C=O) groups is 2. The minimum absolute atomic E-state index is 0.0299. The highest BCUT2D eigenvalue weighted by molar-refractivity contribution is 5.98. The molecule has 2 spiro atoms. The lowest BCUT2D eigenvalue weighted by molar-refractivity contribution is -0.368. The van der Waals surface area contributed by atoms with Crippen LogP contribution in [0.5, 0.6) is 0 Å². The van der Waals surface area contributed by atoms with Crippen molar-refractivity contribution < 1.29 is 39.1 Å². The molecule has 0 aromatic carbocycles. The number of fused-ring (bicyclic) bond motifs is 6. The molecule has 36 heavy (non-hydrogen) atoms. The summed E-state index contributed by atoms with van der Waals surface area (Å²) in [5.74, 6) is -2.78. The van der Waals surface area contributed by atoms with Gasteiger partial charge >= 0.3 is 5.97 Å². The van der Waals surface area contributed by atoms with E-state index in [1.54, 1.807) is 19.9 Å². The van der Waals surface area contributed by atoms with Gasteiger partial charge in [-0.15, -0.1) is 0 Å². The first-order valence-electron chi connectivity index (χ1n) is 13.7. The number of aliphatic hydroxyl groups is 3. The predicted molar refractivity (Wildman–Crippen MR) is 125 cm³/mol. The van der Waals surface area contributed by atoms with E-state index >= 15 is 0 Å². The number of aliphatic hydroxyl groups excluding tert-OH is 2. The van der Waals surface area contributed by atoms with Gasteiger partial charge in [0, 0.05) is 11.8 Å². The van der Waals surface area contributed by atoms with Crippen molar-refractivity contribution in [2.24, 2.45) is 46.3 Å². The number of rotatable bonds is 0. The van der Waals surface area contributed by atoms with E-state index in [9.17, 15) is 24.9 Å². The Balaban J connectivity index is 1.28. The SMILES string of the molecule is C[C@@H]1[C@@H](C)C(=O)O[C@]12O[C@H]1C[C@@H]3[C@H]4C[C@H]5O[C@]56[C@@H](O)C=CC(=O)[C@]6(C)[C@@H]4CC[C@]3(C)[C@H]1[C@@](C)(O)[C@@H]2O. The Morgan fingerprint density at radius 3 is 2.42 bits per heavy atom. The molecule has 7 aliphatic rings. The summed E-state index contributed by atoms with van der Waals surface area (Å²) in [5.41, 5.74) is -3.47. The number of allylic oxidation sites excluding steroid dienone is 1. The van der Waals surface area contributed by atoms with Crippen LogP contribution in [0.1, 0.15) is 60.3 Å². The third-order valence-electron chi connectivity index (χ3n) is 12.5. The van der Waals surface area contributed by atoms with Gasteiger partial charge in [0.1, 0.15) is 23.4 Å². The van der Waals surface area contributed by atoms with Crippen molar-refractivity contribution in [3.05, 3.63) is 12.2 Å². The molecule has 3 saturated heterocycles.